The fourth-order valence-corrected chi connectivity index (χ4v) is 1.46. The molecule has 1 saturated carbocycles. The van der Waals surface area contributed by atoms with Crippen LogP contribution >= 0.6 is 0 Å². The van der Waals surface area contributed by atoms with E-state index in [0.29, 0.717) is 12.1 Å². The number of hydrogen-bond donors (Lipinski definition) is 2. The zero-order valence-corrected chi connectivity index (χ0v) is 6.90. The van der Waals surface area contributed by atoms with Gasteiger partial charge in [-0.25, -0.2) is 0 Å². The Labute approximate surface area is 72.0 Å². The second-order valence-corrected chi connectivity index (χ2v) is 3.31. The van der Waals surface area contributed by atoms with Gasteiger partial charge in [-0.2, -0.15) is 0 Å². The Morgan fingerprint density at radius 1 is 1.33 bits per heavy atom. The van der Waals surface area contributed by atoms with Crippen molar-refractivity contribution < 1.29 is 0 Å². The molecule has 12 heavy (non-hydrogen) atoms. The number of anilines is 1. The average Bonchev–Trinajstić information content (AvgIpc) is 2.04. The predicted octanol–water partition coefficient (Wildman–Crippen LogP) is 0.983. The smallest absolute Gasteiger partial charge is 0.0373 e. The lowest BCUT2D eigenvalue weighted by atomic mass is 9.87. The molecule has 64 valence electrons. The first-order valence-corrected chi connectivity index (χ1v) is 4.27. The van der Waals surface area contributed by atoms with Gasteiger partial charge in [0.05, 0.1) is 0 Å². The standard InChI is InChI=1S/C9H13N3/c10-7-5-9(6-7)12-8-1-3-11-4-2-8/h1-4,7,9H,5-6,10H2,(H,11,12). The van der Waals surface area contributed by atoms with Crippen molar-refractivity contribution in [1.82, 2.24) is 4.98 Å². The number of nitrogens with two attached hydrogens (primary N) is 1. The summed E-state index contributed by atoms with van der Waals surface area (Å²) in [7, 11) is 0. The molecule has 0 aliphatic heterocycles. The molecule has 0 unspecified atom stereocenters. The molecule has 1 aromatic rings. The Hall–Kier alpha value is -1.09. The van der Waals surface area contributed by atoms with Gasteiger partial charge in [0.25, 0.3) is 0 Å². The van der Waals surface area contributed by atoms with Crippen LogP contribution in [0, 0.1) is 0 Å². The monoisotopic (exact) mass is 163 g/mol. The third kappa shape index (κ3) is 1.56. The number of rotatable bonds is 2. The van der Waals surface area contributed by atoms with Gasteiger partial charge in [0.15, 0.2) is 0 Å². The van der Waals surface area contributed by atoms with Gasteiger partial charge in [0.1, 0.15) is 0 Å². The predicted molar refractivity (Wildman–Crippen MR) is 48.9 cm³/mol. The SMILES string of the molecule is NC1CC(Nc2ccncc2)C1. The van der Waals surface area contributed by atoms with Crippen LogP contribution in [0.4, 0.5) is 5.69 Å². The van der Waals surface area contributed by atoms with Crippen LogP contribution in [-0.4, -0.2) is 17.1 Å². The van der Waals surface area contributed by atoms with E-state index in [-0.39, 0.29) is 0 Å². The molecule has 0 bridgehead atoms. The van der Waals surface area contributed by atoms with Crippen LogP contribution in [0.1, 0.15) is 12.8 Å². The maximum absolute atomic E-state index is 5.67. The summed E-state index contributed by atoms with van der Waals surface area (Å²) in [6, 6.07) is 4.93. The molecular formula is C9H13N3. The topological polar surface area (TPSA) is 50.9 Å². The van der Waals surface area contributed by atoms with E-state index < -0.39 is 0 Å². The zero-order valence-electron chi connectivity index (χ0n) is 6.90. The number of aromatic nitrogens is 1. The van der Waals surface area contributed by atoms with Crippen LogP contribution in [0.15, 0.2) is 24.5 Å². The molecule has 0 saturated heterocycles. The highest BCUT2D eigenvalue weighted by Gasteiger charge is 2.25. The molecule has 0 radical (unpaired) electrons. The minimum Gasteiger partial charge on any atom is -0.382 e. The summed E-state index contributed by atoms with van der Waals surface area (Å²) in [6.45, 7) is 0. The normalized spacial score (nSPS) is 27.8. The number of nitrogens with one attached hydrogen (secondary N) is 1. The number of pyridine rings is 1. The van der Waals surface area contributed by atoms with Crippen molar-refractivity contribution in [3.63, 3.8) is 0 Å². The lowest BCUT2D eigenvalue weighted by Crippen LogP contribution is -2.44. The summed E-state index contributed by atoms with van der Waals surface area (Å²) in [5.74, 6) is 0. The van der Waals surface area contributed by atoms with Gasteiger partial charge in [-0.3, -0.25) is 4.98 Å². The molecule has 2 rings (SSSR count). The lowest BCUT2D eigenvalue weighted by molar-refractivity contribution is 0.373. The van der Waals surface area contributed by atoms with Crippen LogP contribution in [-0.2, 0) is 0 Å². The molecule has 0 atom stereocenters. The van der Waals surface area contributed by atoms with E-state index in [0.717, 1.165) is 18.5 Å². The van der Waals surface area contributed by atoms with Crippen molar-refractivity contribution >= 4 is 5.69 Å². The molecule has 0 aromatic carbocycles. The van der Waals surface area contributed by atoms with Crippen molar-refractivity contribution in [2.45, 2.75) is 24.9 Å². The first kappa shape index (κ1) is 7.55. The van der Waals surface area contributed by atoms with E-state index in [1.54, 1.807) is 12.4 Å². The summed E-state index contributed by atoms with van der Waals surface area (Å²) < 4.78 is 0. The first-order chi connectivity index (χ1) is 5.84. The van der Waals surface area contributed by atoms with Gasteiger partial charge in [-0.05, 0) is 25.0 Å². The number of hydrogen-bond acceptors (Lipinski definition) is 3. The molecule has 3 N–H and O–H groups in total. The van der Waals surface area contributed by atoms with Crippen molar-refractivity contribution in [3.8, 4) is 0 Å². The minimum absolute atomic E-state index is 0.407. The largest absolute Gasteiger partial charge is 0.382 e. The van der Waals surface area contributed by atoms with Crippen LogP contribution in [0.25, 0.3) is 0 Å². The molecule has 0 spiro atoms. The van der Waals surface area contributed by atoms with E-state index in [9.17, 15) is 0 Å². The Morgan fingerprint density at radius 2 is 2.00 bits per heavy atom. The highest BCUT2D eigenvalue weighted by atomic mass is 15.0. The molecule has 3 heteroatoms. The van der Waals surface area contributed by atoms with E-state index in [1.165, 1.54) is 0 Å². The summed E-state index contributed by atoms with van der Waals surface area (Å²) in [5.41, 5.74) is 6.81. The van der Waals surface area contributed by atoms with Crippen LogP contribution in [0.2, 0.25) is 0 Å². The van der Waals surface area contributed by atoms with Crippen molar-refractivity contribution in [2.75, 3.05) is 5.32 Å². The summed E-state index contributed by atoms with van der Waals surface area (Å²) >= 11 is 0. The molecule has 3 nitrogen and oxygen atoms in total. The first-order valence-electron chi connectivity index (χ1n) is 4.27. The summed E-state index contributed by atoms with van der Waals surface area (Å²) in [5, 5.41) is 3.39. The third-order valence-corrected chi connectivity index (χ3v) is 2.23. The maximum Gasteiger partial charge on any atom is 0.0373 e. The van der Waals surface area contributed by atoms with Crippen LogP contribution < -0.4 is 11.1 Å². The van der Waals surface area contributed by atoms with Gasteiger partial charge < -0.3 is 11.1 Å². The Bertz CT molecular complexity index is 241. The third-order valence-electron chi connectivity index (χ3n) is 2.23. The molecule has 1 aliphatic rings. The second-order valence-electron chi connectivity index (χ2n) is 3.31. The Kier molecular flexibility index (Phi) is 1.96. The molecule has 1 aromatic heterocycles. The Morgan fingerprint density at radius 3 is 2.58 bits per heavy atom. The fraction of sp³-hybridized carbons (Fsp3) is 0.444. The van der Waals surface area contributed by atoms with Gasteiger partial charge in [-0.1, -0.05) is 0 Å². The molecular weight excluding hydrogens is 150 g/mol. The summed E-state index contributed by atoms with van der Waals surface area (Å²) in [4.78, 5) is 3.95. The summed E-state index contributed by atoms with van der Waals surface area (Å²) in [6.07, 6.45) is 5.76. The second kappa shape index (κ2) is 3.11. The van der Waals surface area contributed by atoms with E-state index in [2.05, 4.69) is 10.3 Å². The highest BCUT2D eigenvalue weighted by Crippen LogP contribution is 2.21. The van der Waals surface area contributed by atoms with Crippen LogP contribution in [0.5, 0.6) is 0 Å². The quantitative estimate of drug-likeness (QED) is 0.683. The lowest BCUT2D eigenvalue weighted by Gasteiger charge is -2.33. The van der Waals surface area contributed by atoms with Gasteiger partial charge in [0, 0.05) is 30.2 Å². The fourth-order valence-electron chi connectivity index (χ4n) is 1.46. The number of nitrogens with zero attached hydrogens (tertiary/aromatic N) is 1. The molecule has 1 aliphatic carbocycles. The van der Waals surface area contributed by atoms with Crippen LogP contribution in [0.3, 0.4) is 0 Å². The van der Waals surface area contributed by atoms with Crippen molar-refractivity contribution in [2.24, 2.45) is 5.73 Å². The van der Waals surface area contributed by atoms with Gasteiger partial charge in [-0.15, -0.1) is 0 Å². The highest BCUT2D eigenvalue weighted by molar-refractivity contribution is 5.42. The van der Waals surface area contributed by atoms with E-state index >= 15 is 0 Å². The van der Waals surface area contributed by atoms with Crippen molar-refractivity contribution in [1.29, 1.82) is 0 Å². The molecule has 0 amide bonds. The van der Waals surface area contributed by atoms with E-state index in [4.69, 9.17) is 5.73 Å². The minimum atomic E-state index is 0.407. The van der Waals surface area contributed by atoms with E-state index in [1.807, 2.05) is 12.1 Å². The van der Waals surface area contributed by atoms with Gasteiger partial charge >= 0.3 is 0 Å². The van der Waals surface area contributed by atoms with Crippen molar-refractivity contribution in [3.05, 3.63) is 24.5 Å². The van der Waals surface area contributed by atoms with Gasteiger partial charge in [0.2, 0.25) is 0 Å². The Balaban J connectivity index is 1.88. The molecule has 1 fully saturated rings. The molecule has 1 heterocycles. The average molecular weight is 163 g/mol. The zero-order chi connectivity index (χ0) is 8.39. The maximum atomic E-state index is 5.67.